The van der Waals surface area contributed by atoms with Crippen LogP contribution in [0.2, 0.25) is 0 Å². The highest BCUT2D eigenvalue weighted by molar-refractivity contribution is 5.88. The molecule has 0 bridgehead atoms. The first kappa shape index (κ1) is 34.5. The zero-order chi connectivity index (χ0) is 31.6. The van der Waals surface area contributed by atoms with Crippen molar-refractivity contribution >= 4 is 17.9 Å². The van der Waals surface area contributed by atoms with Crippen molar-refractivity contribution in [3.8, 4) is 11.5 Å². The molecule has 2 heterocycles. The summed E-state index contributed by atoms with van der Waals surface area (Å²) in [5, 5.41) is 38.6. The minimum Gasteiger partial charge on any atom is -0.493 e. The summed E-state index contributed by atoms with van der Waals surface area (Å²) in [7, 11) is 3.38. The maximum atomic E-state index is 10.3. The lowest BCUT2D eigenvalue weighted by atomic mass is 9.96. The number of hydrogen-bond donors (Lipinski definition) is 4. The number of aryl methyl sites for hydroxylation is 1. The molecule has 4 N–H and O–H groups in total. The van der Waals surface area contributed by atoms with Gasteiger partial charge < -0.3 is 34.6 Å². The number of benzene rings is 1. The van der Waals surface area contributed by atoms with Crippen molar-refractivity contribution in [1.82, 2.24) is 14.7 Å². The molecule has 1 fully saturated rings. The van der Waals surface area contributed by atoms with Crippen molar-refractivity contribution in [2.24, 2.45) is 0 Å². The van der Waals surface area contributed by atoms with Gasteiger partial charge in [0.2, 0.25) is 0 Å². The number of aliphatic hydroxyl groups is 1. The third-order valence-electron chi connectivity index (χ3n) is 7.00. The molecule has 13 heteroatoms. The number of carboxylic acids is 3. The van der Waals surface area contributed by atoms with Crippen molar-refractivity contribution in [1.29, 1.82) is 0 Å². The van der Waals surface area contributed by atoms with Crippen molar-refractivity contribution in [2.45, 2.75) is 84.2 Å². The summed E-state index contributed by atoms with van der Waals surface area (Å²) >= 11 is 0. The van der Waals surface area contributed by atoms with E-state index in [4.69, 9.17) is 39.7 Å². The van der Waals surface area contributed by atoms with Crippen LogP contribution in [0.25, 0.3) is 0 Å². The number of hydrogen-bond acceptors (Lipinski definition) is 9. The van der Waals surface area contributed by atoms with Crippen LogP contribution in [0, 0.1) is 13.8 Å². The molecular weight excluding hydrogens is 550 g/mol. The number of aromatic nitrogens is 2. The molecule has 0 saturated carbocycles. The molecule has 1 aliphatic rings. The molecule has 0 amide bonds. The lowest BCUT2D eigenvalue weighted by Gasteiger charge is -2.26. The number of para-hydroxylation sites is 1. The topological polar surface area (TPSA) is 181 Å². The van der Waals surface area contributed by atoms with Gasteiger partial charge in [0.25, 0.3) is 0 Å². The first-order valence-corrected chi connectivity index (χ1v) is 13.7. The lowest BCUT2D eigenvalue weighted by molar-refractivity contribution is -0.170. The molecule has 0 aliphatic carbocycles. The summed E-state index contributed by atoms with van der Waals surface area (Å²) in [6.07, 6.45) is 0.259. The Balaban J connectivity index is 0.000000401. The Kier molecular flexibility index (Phi) is 12.8. The van der Waals surface area contributed by atoms with E-state index in [9.17, 15) is 14.4 Å². The molecule has 2 aromatic rings. The Hall–Kier alpha value is -3.68. The summed E-state index contributed by atoms with van der Waals surface area (Å²) < 4.78 is 19.2. The highest BCUT2D eigenvalue weighted by Crippen LogP contribution is 2.32. The Morgan fingerprint density at radius 2 is 1.74 bits per heavy atom. The van der Waals surface area contributed by atoms with Crippen LogP contribution >= 0.6 is 0 Å². The molecule has 13 nitrogen and oxygen atoms in total. The van der Waals surface area contributed by atoms with Gasteiger partial charge in [-0.25, -0.2) is 4.79 Å². The van der Waals surface area contributed by atoms with E-state index in [0.717, 1.165) is 61.8 Å². The number of aliphatic carboxylic acids is 3. The number of methoxy groups -OCH3 is 2. The van der Waals surface area contributed by atoms with Crippen LogP contribution < -0.4 is 9.47 Å². The summed E-state index contributed by atoms with van der Waals surface area (Å²) in [6.45, 7) is 12.0. The molecule has 1 aromatic heterocycles. The van der Waals surface area contributed by atoms with Gasteiger partial charge in [0.1, 0.15) is 0 Å². The fraction of sp³-hybridized carbons (Fsp3) is 0.586. The summed E-state index contributed by atoms with van der Waals surface area (Å²) in [5.41, 5.74) is 2.03. The molecule has 0 radical (unpaired) electrons. The Labute approximate surface area is 245 Å². The van der Waals surface area contributed by atoms with E-state index in [0.29, 0.717) is 6.04 Å². The number of carboxylic acid groups (broad SMARTS) is 3. The number of ether oxygens (including phenoxy) is 3. The summed E-state index contributed by atoms with van der Waals surface area (Å²) in [4.78, 5) is 32.9. The van der Waals surface area contributed by atoms with Crippen molar-refractivity contribution in [2.75, 3.05) is 27.4 Å². The van der Waals surface area contributed by atoms with Crippen LogP contribution in [-0.2, 0) is 32.2 Å². The molecule has 1 unspecified atom stereocenters. The van der Waals surface area contributed by atoms with Gasteiger partial charge in [-0.3, -0.25) is 19.2 Å². The van der Waals surface area contributed by atoms with Gasteiger partial charge in [0, 0.05) is 49.1 Å². The smallest absolute Gasteiger partial charge is 0.336 e. The van der Waals surface area contributed by atoms with Gasteiger partial charge in [-0.1, -0.05) is 12.1 Å². The van der Waals surface area contributed by atoms with Crippen LogP contribution in [0.3, 0.4) is 0 Å². The number of rotatable bonds is 14. The average Bonchev–Trinajstić information content (AvgIpc) is 3.51. The van der Waals surface area contributed by atoms with Crippen LogP contribution in [0.5, 0.6) is 11.5 Å². The van der Waals surface area contributed by atoms with Crippen molar-refractivity contribution in [3.63, 3.8) is 0 Å². The minimum atomic E-state index is -2.74. The second-order valence-electron chi connectivity index (χ2n) is 10.6. The maximum absolute atomic E-state index is 10.3. The van der Waals surface area contributed by atoms with Crippen molar-refractivity contribution in [3.05, 3.63) is 40.7 Å². The number of nitrogens with zero attached hydrogens (tertiary/aromatic N) is 3. The van der Waals surface area contributed by atoms with Crippen molar-refractivity contribution < 1.29 is 49.0 Å². The molecule has 42 heavy (non-hydrogen) atoms. The van der Waals surface area contributed by atoms with Crippen LogP contribution in [-0.4, -0.2) is 92.1 Å². The highest BCUT2D eigenvalue weighted by Gasteiger charge is 2.40. The first-order chi connectivity index (χ1) is 19.7. The first-order valence-electron chi connectivity index (χ1n) is 13.7. The second kappa shape index (κ2) is 15.5. The second-order valence-corrected chi connectivity index (χ2v) is 10.6. The molecule has 0 spiro atoms. The van der Waals surface area contributed by atoms with Gasteiger partial charge in [-0.2, -0.15) is 5.10 Å². The summed E-state index contributed by atoms with van der Waals surface area (Å²) in [6, 6.07) is 6.43. The maximum Gasteiger partial charge on any atom is 0.336 e. The standard InChI is InChI=1S/C23H35N3O3.C6H8O7/c1-16(2)26-18(4)21(17(3)24-26)15-25(14-20-10-8-12-29-20)13-19-9-7-11-22(27-5)23(19)28-6;7-3(8)1-6(13,5(11)12)2-4(9)10/h7,9,11,16,20H,8,10,12-15H2,1-6H3;13H,1-2H2,(H,7,8)(H,9,10)(H,11,12). The Bertz CT molecular complexity index is 1200. The Morgan fingerprint density at radius 1 is 1.10 bits per heavy atom. The molecule has 234 valence electrons. The van der Waals surface area contributed by atoms with E-state index in [-0.39, 0.29) is 6.10 Å². The van der Waals surface area contributed by atoms with Gasteiger partial charge in [0.15, 0.2) is 17.1 Å². The number of carbonyl (C=O) groups is 3. The van der Waals surface area contributed by atoms with Crippen LogP contribution in [0.15, 0.2) is 18.2 Å². The molecule has 1 saturated heterocycles. The Morgan fingerprint density at radius 3 is 2.19 bits per heavy atom. The normalized spacial score (nSPS) is 14.9. The molecule has 1 aromatic carbocycles. The van der Waals surface area contributed by atoms with Gasteiger partial charge in [-0.05, 0) is 46.6 Å². The van der Waals surface area contributed by atoms with Gasteiger partial charge >= 0.3 is 17.9 Å². The predicted molar refractivity (Wildman–Crippen MR) is 152 cm³/mol. The molecule has 1 aliphatic heterocycles. The van der Waals surface area contributed by atoms with E-state index in [1.54, 1.807) is 14.2 Å². The van der Waals surface area contributed by atoms with E-state index < -0.39 is 36.4 Å². The van der Waals surface area contributed by atoms with Crippen LogP contribution in [0.4, 0.5) is 0 Å². The quantitative estimate of drug-likeness (QED) is 0.252. The fourth-order valence-electron chi connectivity index (χ4n) is 4.95. The summed E-state index contributed by atoms with van der Waals surface area (Å²) in [5.74, 6) is -3.45. The minimum absolute atomic E-state index is 0.285. The monoisotopic (exact) mass is 593 g/mol. The average molecular weight is 594 g/mol. The largest absolute Gasteiger partial charge is 0.493 e. The van der Waals surface area contributed by atoms with E-state index in [1.807, 2.05) is 12.1 Å². The third-order valence-corrected chi connectivity index (χ3v) is 7.00. The van der Waals surface area contributed by atoms with E-state index in [2.05, 4.69) is 43.3 Å². The van der Waals surface area contributed by atoms with Crippen LogP contribution in [0.1, 0.15) is 68.1 Å². The lowest BCUT2D eigenvalue weighted by Crippen LogP contribution is -2.42. The van der Waals surface area contributed by atoms with E-state index in [1.165, 1.54) is 11.3 Å². The highest BCUT2D eigenvalue weighted by atomic mass is 16.5. The van der Waals surface area contributed by atoms with E-state index >= 15 is 0 Å². The third kappa shape index (κ3) is 9.43. The molecule has 3 rings (SSSR count). The zero-order valence-electron chi connectivity index (χ0n) is 25.1. The van der Waals surface area contributed by atoms with Gasteiger partial charge in [-0.15, -0.1) is 0 Å². The SMILES string of the molecule is COc1cccc(CN(Cc2c(C)nn(C(C)C)c2C)CC2CCCO2)c1OC.O=C(O)CC(O)(CC(=O)O)C(=O)O. The van der Waals surface area contributed by atoms with Gasteiger partial charge in [0.05, 0.1) is 38.9 Å². The fourth-order valence-corrected chi connectivity index (χ4v) is 4.95. The predicted octanol–water partition coefficient (Wildman–Crippen LogP) is 3.03. The molecule has 1 atom stereocenters. The molecular formula is C29H43N3O10. The zero-order valence-corrected chi connectivity index (χ0v) is 25.1.